The Labute approximate surface area is 125 Å². The van der Waals surface area contributed by atoms with Crippen molar-refractivity contribution in [3.63, 3.8) is 0 Å². The number of hydrogen-bond donors (Lipinski definition) is 2. The smallest absolute Gasteiger partial charge is 0.242 e. The van der Waals surface area contributed by atoms with Crippen LogP contribution in [0, 0.1) is 22.7 Å². The fraction of sp³-hybridized carbons (Fsp3) is 0.438. The van der Waals surface area contributed by atoms with Crippen LogP contribution in [0.5, 0.6) is 0 Å². The molecule has 0 saturated heterocycles. The Morgan fingerprint density at radius 1 is 1.24 bits per heavy atom. The zero-order chi connectivity index (χ0) is 15.8. The predicted octanol–water partition coefficient (Wildman–Crippen LogP) is 2.54. The zero-order valence-electron chi connectivity index (χ0n) is 12.6. The van der Waals surface area contributed by atoms with Crippen molar-refractivity contribution in [1.29, 1.82) is 10.5 Å². The van der Waals surface area contributed by atoms with Crippen LogP contribution in [0.4, 0.5) is 5.69 Å². The molecule has 21 heavy (non-hydrogen) atoms. The third-order valence-electron chi connectivity index (χ3n) is 3.15. The maximum atomic E-state index is 12.0. The van der Waals surface area contributed by atoms with Crippen LogP contribution < -0.4 is 10.6 Å². The number of hydrogen-bond acceptors (Lipinski definition) is 4. The highest BCUT2D eigenvalue weighted by Crippen LogP contribution is 2.15. The maximum absolute atomic E-state index is 12.0. The van der Waals surface area contributed by atoms with Gasteiger partial charge in [-0.2, -0.15) is 10.5 Å². The first-order chi connectivity index (χ1) is 10.0. The van der Waals surface area contributed by atoms with E-state index in [1.54, 1.807) is 25.1 Å². The summed E-state index contributed by atoms with van der Waals surface area (Å²) in [5.41, 5.74) is 1.28. The molecule has 2 atom stereocenters. The van der Waals surface area contributed by atoms with Crippen LogP contribution in [0.1, 0.15) is 44.7 Å². The second-order valence-corrected chi connectivity index (χ2v) is 5.05. The van der Waals surface area contributed by atoms with Crippen LogP contribution in [-0.4, -0.2) is 18.0 Å². The van der Waals surface area contributed by atoms with Gasteiger partial charge in [-0.15, -0.1) is 0 Å². The first-order valence-corrected chi connectivity index (χ1v) is 7.03. The van der Waals surface area contributed by atoms with E-state index >= 15 is 0 Å². The van der Waals surface area contributed by atoms with E-state index in [2.05, 4.69) is 17.6 Å². The van der Waals surface area contributed by atoms with Gasteiger partial charge in [0.2, 0.25) is 5.91 Å². The van der Waals surface area contributed by atoms with Gasteiger partial charge in [0.1, 0.15) is 18.2 Å². The summed E-state index contributed by atoms with van der Waals surface area (Å²) in [5, 5.41) is 23.8. The predicted molar refractivity (Wildman–Crippen MR) is 81.5 cm³/mol. The molecule has 0 radical (unpaired) electrons. The third-order valence-corrected chi connectivity index (χ3v) is 3.15. The second kappa shape index (κ2) is 7.91. The molecule has 2 unspecified atom stereocenters. The molecule has 0 saturated carbocycles. The molecule has 0 spiro atoms. The molecule has 0 bridgehead atoms. The van der Waals surface area contributed by atoms with Crippen LogP contribution in [0.15, 0.2) is 18.2 Å². The van der Waals surface area contributed by atoms with E-state index in [0.717, 1.165) is 12.8 Å². The van der Waals surface area contributed by atoms with Crippen LogP contribution in [-0.2, 0) is 4.79 Å². The topological polar surface area (TPSA) is 88.7 Å². The number of carbonyl (C=O) groups excluding carboxylic acids is 1. The van der Waals surface area contributed by atoms with Crippen LogP contribution in [0.2, 0.25) is 0 Å². The lowest BCUT2D eigenvalue weighted by atomic mass is 10.1. The summed E-state index contributed by atoms with van der Waals surface area (Å²) in [6, 6.07) is 8.51. The molecule has 2 N–H and O–H groups in total. The summed E-state index contributed by atoms with van der Waals surface area (Å²) in [6.45, 7) is 5.81. The zero-order valence-corrected chi connectivity index (χ0v) is 12.6. The van der Waals surface area contributed by atoms with Crippen molar-refractivity contribution < 1.29 is 4.79 Å². The highest BCUT2D eigenvalue weighted by Gasteiger charge is 2.15. The number of nitrogens with one attached hydrogen (secondary N) is 2. The van der Waals surface area contributed by atoms with Crippen LogP contribution in [0.25, 0.3) is 0 Å². The normalized spacial score (nSPS) is 12.6. The SMILES string of the molecule is CCCC(C)NC(=O)C(C)Nc1ccc(C#N)c(C#N)c1. The van der Waals surface area contributed by atoms with E-state index in [-0.39, 0.29) is 11.9 Å². The molecule has 5 nitrogen and oxygen atoms in total. The summed E-state index contributed by atoms with van der Waals surface area (Å²) >= 11 is 0. The van der Waals surface area contributed by atoms with E-state index in [9.17, 15) is 4.79 Å². The van der Waals surface area contributed by atoms with Crippen molar-refractivity contribution in [2.24, 2.45) is 0 Å². The highest BCUT2D eigenvalue weighted by atomic mass is 16.2. The molecule has 1 amide bonds. The molecule has 0 heterocycles. The van der Waals surface area contributed by atoms with E-state index in [1.807, 2.05) is 19.1 Å². The highest BCUT2D eigenvalue weighted by molar-refractivity contribution is 5.84. The van der Waals surface area contributed by atoms with Gasteiger partial charge in [0.25, 0.3) is 0 Å². The molecule has 1 rings (SSSR count). The quantitative estimate of drug-likeness (QED) is 0.840. The summed E-state index contributed by atoms with van der Waals surface area (Å²) < 4.78 is 0. The Balaban J connectivity index is 2.71. The standard InChI is InChI=1S/C16H20N4O/c1-4-5-11(2)19-16(21)12(3)20-15-7-6-13(9-17)14(8-15)10-18/h6-8,11-12,20H,4-5H2,1-3H3,(H,19,21). The van der Waals surface area contributed by atoms with Gasteiger partial charge in [0, 0.05) is 11.7 Å². The van der Waals surface area contributed by atoms with Gasteiger partial charge in [-0.25, -0.2) is 0 Å². The van der Waals surface area contributed by atoms with Gasteiger partial charge in [-0.1, -0.05) is 13.3 Å². The average Bonchev–Trinajstić information content (AvgIpc) is 2.47. The van der Waals surface area contributed by atoms with Gasteiger partial charge in [-0.05, 0) is 38.5 Å². The minimum atomic E-state index is -0.413. The lowest BCUT2D eigenvalue weighted by Gasteiger charge is -2.19. The number of anilines is 1. The molecule has 0 aromatic heterocycles. The van der Waals surface area contributed by atoms with Crippen molar-refractivity contribution in [3.05, 3.63) is 29.3 Å². The third kappa shape index (κ3) is 4.81. The fourth-order valence-electron chi connectivity index (χ4n) is 2.01. The number of nitriles is 2. The van der Waals surface area contributed by atoms with Gasteiger partial charge in [-0.3, -0.25) is 4.79 Å². The molecule has 1 aromatic carbocycles. The van der Waals surface area contributed by atoms with Crippen molar-refractivity contribution >= 4 is 11.6 Å². The average molecular weight is 284 g/mol. The summed E-state index contributed by atoms with van der Waals surface area (Å²) in [6.07, 6.45) is 1.96. The first-order valence-electron chi connectivity index (χ1n) is 7.03. The Morgan fingerprint density at radius 3 is 2.48 bits per heavy atom. The van der Waals surface area contributed by atoms with Crippen molar-refractivity contribution in [2.75, 3.05) is 5.32 Å². The minimum Gasteiger partial charge on any atom is -0.374 e. The van der Waals surface area contributed by atoms with E-state index in [1.165, 1.54) is 0 Å². The van der Waals surface area contributed by atoms with E-state index < -0.39 is 6.04 Å². The van der Waals surface area contributed by atoms with Crippen molar-refractivity contribution in [3.8, 4) is 12.1 Å². The van der Waals surface area contributed by atoms with E-state index in [0.29, 0.717) is 16.8 Å². The molecule has 0 aliphatic rings. The molecule has 0 fully saturated rings. The van der Waals surface area contributed by atoms with Gasteiger partial charge in [0.15, 0.2) is 0 Å². The Kier molecular flexibility index (Phi) is 6.23. The maximum Gasteiger partial charge on any atom is 0.242 e. The number of nitrogens with zero attached hydrogens (tertiary/aromatic N) is 2. The largest absolute Gasteiger partial charge is 0.374 e. The Bertz CT molecular complexity index is 583. The van der Waals surface area contributed by atoms with Gasteiger partial charge in [0.05, 0.1) is 11.1 Å². The summed E-state index contributed by atoms with van der Waals surface area (Å²) in [7, 11) is 0. The lowest BCUT2D eigenvalue weighted by Crippen LogP contribution is -2.42. The second-order valence-electron chi connectivity index (χ2n) is 5.05. The van der Waals surface area contributed by atoms with Crippen LogP contribution >= 0.6 is 0 Å². The van der Waals surface area contributed by atoms with Crippen LogP contribution in [0.3, 0.4) is 0 Å². The molecular weight excluding hydrogens is 264 g/mol. The molecule has 110 valence electrons. The molecule has 5 heteroatoms. The summed E-state index contributed by atoms with van der Waals surface area (Å²) in [5.74, 6) is -0.0844. The van der Waals surface area contributed by atoms with Crippen molar-refractivity contribution in [2.45, 2.75) is 45.7 Å². The number of rotatable bonds is 6. The number of benzene rings is 1. The van der Waals surface area contributed by atoms with Gasteiger partial charge >= 0.3 is 0 Å². The first kappa shape index (κ1) is 16.5. The molecule has 0 aliphatic carbocycles. The summed E-state index contributed by atoms with van der Waals surface area (Å²) in [4.78, 5) is 12.0. The monoisotopic (exact) mass is 284 g/mol. The van der Waals surface area contributed by atoms with Crippen molar-refractivity contribution in [1.82, 2.24) is 5.32 Å². The van der Waals surface area contributed by atoms with Gasteiger partial charge < -0.3 is 10.6 Å². The molecule has 1 aromatic rings. The Hall–Kier alpha value is -2.53. The minimum absolute atomic E-state index is 0.0844. The lowest BCUT2D eigenvalue weighted by molar-refractivity contribution is -0.122. The fourth-order valence-corrected chi connectivity index (χ4v) is 2.01. The molecule has 0 aliphatic heterocycles. The van der Waals surface area contributed by atoms with E-state index in [4.69, 9.17) is 10.5 Å². The molecular formula is C16H20N4O. The Morgan fingerprint density at radius 2 is 1.90 bits per heavy atom. The number of carbonyl (C=O) groups is 1. The number of amides is 1.